The number of benzene rings is 1. The van der Waals surface area contributed by atoms with Crippen molar-refractivity contribution in [3.63, 3.8) is 0 Å². The van der Waals surface area contributed by atoms with Gasteiger partial charge >= 0.3 is 0 Å². The monoisotopic (exact) mass is 369 g/mol. The zero-order chi connectivity index (χ0) is 19.6. The Kier molecular flexibility index (Phi) is 5.65. The summed E-state index contributed by atoms with van der Waals surface area (Å²) in [5, 5.41) is 5.52. The zero-order valence-electron chi connectivity index (χ0n) is 16.7. The molecular weight excluding hydrogens is 342 g/mol. The predicted molar refractivity (Wildman–Crippen MR) is 105 cm³/mol. The molecule has 0 aliphatic rings. The Morgan fingerprint density at radius 3 is 2.74 bits per heavy atom. The third-order valence-electron chi connectivity index (χ3n) is 4.93. The molecule has 0 spiro atoms. The molecule has 6 heteroatoms. The number of carbonyl (C=O) groups excluding carboxylic acids is 1. The van der Waals surface area contributed by atoms with Crippen molar-refractivity contribution in [3.05, 3.63) is 52.5 Å². The smallest absolute Gasteiger partial charge is 0.258 e. The van der Waals surface area contributed by atoms with E-state index in [1.807, 2.05) is 47.7 Å². The van der Waals surface area contributed by atoms with E-state index >= 15 is 0 Å². The Balaban J connectivity index is 1.97. The molecule has 1 amide bonds. The molecule has 0 aliphatic heterocycles. The van der Waals surface area contributed by atoms with Gasteiger partial charge in [-0.3, -0.25) is 9.48 Å². The second-order valence-electron chi connectivity index (χ2n) is 6.77. The first-order chi connectivity index (χ1) is 13.0. The number of carbonyl (C=O) groups is 1. The number of nitrogens with zero attached hydrogens (tertiary/aromatic N) is 3. The summed E-state index contributed by atoms with van der Waals surface area (Å²) in [6, 6.07) is 7.63. The Morgan fingerprint density at radius 2 is 2.07 bits per heavy atom. The first kappa shape index (κ1) is 19.2. The van der Waals surface area contributed by atoms with Crippen LogP contribution in [0.25, 0.3) is 11.0 Å². The number of hydrogen-bond acceptors (Lipinski definition) is 4. The molecule has 0 N–H and O–H groups in total. The lowest BCUT2D eigenvalue weighted by Gasteiger charge is -2.23. The molecule has 2 heterocycles. The topological polar surface area (TPSA) is 60.5 Å². The van der Waals surface area contributed by atoms with Gasteiger partial charge in [0, 0.05) is 43.4 Å². The molecular formula is C21H27N3O3. The van der Waals surface area contributed by atoms with Crippen molar-refractivity contribution in [2.24, 2.45) is 0 Å². The van der Waals surface area contributed by atoms with Crippen LogP contribution in [0.15, 0.2) is 28.7 Å². The maximum absolute atomic E-state index is 13.4. The SMILES string of the molecule is CCn1nc(C)c(CN(CCOC)C(=O)c2cccc3cc(C)oc23)c1C. The molecule has 6 nitrogen and oxygen atoms in total. The van der Waals surface area contributed by atoms with E-state index in [4.69, 9.17) is 9.15 Å². The van der Waals surface area contributed by atoms with Crippen LogP contribution in [-0.2, 0) is 17.8 Å². The van der Waals surface area contributed by atoms with Gasteiger partial charge in [0.2, 0.25) is 0 Å². The summed E-state index contributed by atoms with van der Waals surface area (Å²) in [5.74, 6) is 0.736. The van der Waals surface area contributed by atoms with E-state index < -0.39 is 0 Å². The average Bonchev–Trinajstić information content (AvgIpc) is 3.16. The number of aryl methyl sites for hydroxylation is 3. The van der Waals surface area contributed by atoms with Gasteiger partial charge in [0.15, 0.2) is 0 Å². The van der Waals surface area contributed by atoms with Gasteiger partial charge < -0.3 is 14.1 Å². The third-order valence-corrected chi connectivity index (χ3v) is 4.93. The maximum Gasteiger partial charge on any atom is 0.258 e. The minimum atomic E-state index is -0.0601. The molecule has 0 saturated carbocycles. The number of aromatic nitrogens is 2. The number of fused-ring (bicyclic) bond motifs is 1. The first-order valence-corrected chi connectivity index (χ1v) is 9.26. The van der Waals surface area contributed by atoms with Crippen LogP contribution < -0.4 is 0 Å². The second-order valence-corrected chi connectivity index (χ2v) is 6.77. The van der Waals surface area contributed by atoms with Crippen LogP contribution in [-0.4, -0.2) is 40.8 Å². The highest BCUT2D eigenvalue weighted by Gasteiger charge is 2.23. The number of para-hydroxylation sites is 1. The molecule has 3 rings (SSSR count). The largest absolute Gasteiger partial charge is 0.461 e. The van der Waals surface area contributed by atoms with E-state index in [9.17, 15) is 4.79 Å². The van der Waals surface area contributed by atoms with Crippen molar-refractivity contribution in [1.29, 1.82) is 0 Å². The molecule has 0 saturated heterocycles. The number of methoxy groups -OCH3 is 1. The van der Waals surface area contributed by atoms with Crippen molar-refractivity contribution in [1.82, 2.24) is 14.7 Å². The summed E-state index contributed by atoms with van der Waals surface area (Å²) in [6.45, 7) is 10.3. The standard InChI is InChI=1S/C21H27N3O3/c1-6-24-16(4)19(15(3)22-24)13-23(10-11-26-5)21(25)18-9-7-8-17-12-14(2)27-20(17)18/h7-9,12H,6,10-11,13H2,1-5H3. The number of rotatable bonds is 7. The van der Waals surface area contributed by atoms with Crippen LogP contribution in [0.4, 0.5) is 0 Å². The molecule has 0 atom stereocenters. The Hall–Kier alpha value is -2.60. The highest BCUT2D eigenvalue weighted by molar-refractivity contribution is 6.05. The highest BCUT2D eigenvalue weighted by Crippen LogP contribution is 2.25. The fraction of sp³-hybridized carbons (Fsp3) is 0.429. The molecule has 144 valence electrons. The normalized spacial score (nSPS) is 11.3. The summed E-state index contributed by atoms with van der Waals surface area (Å²) in [4.78, 5) is 15.2. The molecule has 27 heavy (non-hydrogen) atoms. The van der Waals surface area contributed by atoms with E-state index in [0.29, 0.717) is 30.8 Å². The van der Waals surface area contributed by atoms with Gasteiger partial charge in [-0.2, -0.15) is 5.10 Å². The van der Waals surface area contributed by atoms with Crippen molar-refractivity contribution < 1.29 is 13.9 Å². The van der Waals surface area contributed by atoms with E-state index in [2.05, 4.69) is 18.9 Å². The van der Waals surface area contributed by atoms with Crippen LogP contribution in [0.5, 0.6) is 0 Å². The number of hydrogen-bond donors (Lipinski definition) is 0. The number of ether oxygens (including phenoxy) is 1. The minimum Gasteiger partial charge on any atom is -0.461 e. The lowest BCUT2D eigenvalue weighted by atomic mass is 10.1. The second kappa shape index (κ2) is 7.96. The quantitative estimate of drug-likeness (QED) is 0.634. The average molecular weight is 369 g/mol. The van der Waals surface area contributed by atoms with E-state index in [1.54, 1.807) is 7.11 Å². The number of amides is 1. The zero-order valence-corrected chi connectivity index (χ0v) is 16.7. The van der Waals surface area contributed by atoms with Crippen LogP contribution in [0.3, 0.4) is 0 Å². The van der Waals surface area contributed by atoms with Gasteiger partial charge in [-0.15, -0.1) is 0 Å². The van der Waals surface area contributed by atoms with Gasteiger partial charge in [0.05, 0.1) is 17.9 Å². The molecule has 0 aliphatic carbocycles. The van der Waals surface area contributed by atoms with Crippen molar-refractivity contribution in [2.45, 2.75) is 40.8 Å². The minimum absolute atomic E-state index is 0.0601. The molecule has 0 unspecified atom stereocenters. The van der Waals surface area contributed by atoms with Crippen molar-refractivity contribution >= 4 is 16.9 Å². The molecule has 2 aromatic heterocycles. The van der Waals surface area contributed by atoms with Crippen LogP contribution in [0, 0.1) is 20.8 Å². The van der Waals surface area contributed by atoms with Gasteiger partial charge in [0.25, 0.3) is 5.91 Å². The van der Waals surface area contributed by atoms with E-state index in [-0.39, 0.29) is 5.91 Å². The third kappa shape index (κ3) is 3.76. The first-order valence-electron chi connectivity index (χ1n) is 9.26. The molecule has 1 aromatic carbocycles. The molecule has 3 aromatic rings. The summed E-state index contributed by atoms with van der Waals surface area (Å²) in [6.07, 6.45) is 0. The van der Waals surface area contributed by atoms with E-state index in [0.717, 1.165) is 34.6 Å². The van der Waals surface area contributed by atoms with Crippen molar-refractivity contribution in [3.8, 4) is 0 Å². The van der Waals surface area contributed by atoms with Gasteiger partial charge in [-0.1, -0.05) is 12.1 Å². The summed E-state index contributed by atoms with van der Waals surface area (Å²) in [5.41, 5.74) is 4.35. The van der Waals surface area contributed by atoms with Gasteiger partial charge in [0.1, 0.15) is 11.3 Å². The van der Waals surface area contributed by atoms with Crippen LogP contribution in [0.1, 0.15) is 40.0 Å². The molecule has 0 radical (unpaired) electrons. The fourth-order valence-electron chi connectivity index (χ4n) is 3.45. The Bertz CT molecular complexity index is 955. The maximum atomic E-state index is 13.4. The van der Waals surface area contributed by atoms with Crippen molar-refractivity contribution in [2.75, 3.05) is 20.3 Å². The van der Waals surface area contributed by atoms with Crippen LogP contribution >= 0.6 is 0 Å². The lowest BCUT2D eigenvalue weighted by molar-refractivity contribution is 0.0680. The van der Waals surface area contributed by atoms with E-state index in [1.165, 1.54) is 0 Å². The highest BCUT2D eigenvalue weighted by atomic mass is 16.5. The summed E-state index contributed by atoms with van der Waals surface area (Å²) in [7, 11) is 1.64. The number of furan rings is 1. The Morgan fingerprint density at radius 1 is 1.30 bits per heavy atom. The predicted octanol–water partition coefficient (Wildman–Crippen LogP) is 3.86. The summed E-state index contributed by atoms with van der Waals surface area (Å²) >= 11 is 0. The fourth-order valence-corrected chi connectivity index (χ4v) is 3.45. The Labute approximate surface area is 159 Å². The van der Waals surface area contributed by atoms with Gasteiger partial charge in [-0.05, 0) is 39.8 Å². The molecule has 0 bridgehead atoms. The molecule has 0 fully saturated rings. The van der Waals surface area contributed by atoms with Crippen LogP contribution in [0.2, 0.25) is 0 Å². The van der Waals surface area contributed by atoms with Gasteiger partial charge in [-0.25, -0.2) is 0 Å². The summed E-state index contributed by atoms with van der Waals surface area (Å²) < 4.78 is 13.0. The lowest BCUT2D eigenvalue weighted by Crippen LogP contribution is -2.34.